The number of amides is 7. The van der Waals surface area contributed by atoms with Gasteiger partial charge in [0.15, 0.2) is 22.6 Å². The lowest BCUT2D eigenvalue weighted by Gasteiger charge is -2.35. The van der Waals surface area contributed by atoms with Gasteiger partial charge in [0, 0.05) is 204 Å². The molecule has 10 aromatic heterocycles. The molecule has 0 spiro atoms. The van der Waals surface area contributed by atoms with Crippen LogP contribution in [0.5, 0.6) is 0 Å². The Morgan fingerprint density at radius 1 is 0.389 bits per heavy atom. The predicted molar refractivity (Wildman–Crippen MR) is 543 cm³/mol. The summed E-state index contributed by atoms with van der Waals surface area (Å²) in [4.78, 5) is 124. The molecule has 0 saturated carbocycles. The number of urea groups is 1. The van der Waals surface area contributed by atoms with Gasteiger partial charge in [0.1, 0.15) is 40.4 Å². The number of hydrogen-bond acceptors (Lipinski definition) is 24. The number of nitrogens with one attached hydrogen (secondary N) is 6. The highest BCUT2D eigenvalue weighted by molar-refractivity contribution is 6.31. The highest BCUT2D eigenvalue weighted by Crippen LogP contribution is 2.42. The number of rotatable bonds is 19. The van der Waals surface area contributed by atoms with Gasteiger partial charge in [-0.25, -0.2) is 52.8 Å². The maximum atomic E-state index is 13.9. The molecule has 0 bridgehead atoms. The third-order valence-electron chi connectivity index (χ3n) is 28.6. The molecule has 764 valence electrons. The maximum Gasteiger partial charge on any atom is 0.433 e. The lowest BCUT2D eigenvalue weighted by Crippen LogP contribution is -2.39. The number of carbonyl (C=O) groups is 6. The molecule has 8 atom stereocenters. The molecule has 35 nitrogen and oxygen atoms in total. The molecule has 8 saturated heterocycles. The molecule has 8 fully saturated rings. The second-order valence-corrected chi connectivity index (χ2v) is 39.8. The number of halogens is 7. The van der Waals surface area contributed by atoms with Gasteiger partial charge in [-0.3, -0.25) is 24.0 Å². The Morgan fingerprint density at radius 3 is 1.03 bits per heavy atom. The average Bonchev–Trinajstić information content (AvgIpc) is 1.64. The zero-order valence-electron chi connectivity index (χ0n) is 83.3. The van der Waals surface area contributed by atoms with E-state index in [1.165, 1.54) is 35.2 Å². The van der Waals surface area contributed by atoms with Crippen LogP contribution in [0.15, 0.2) is 116 Å². The number of carbonyl (C=O) groups excluding carboxylic acids is 6. The van der Waals surface area contributed by atoms with E-state index in [4.69, 9.17) is 63.5 Å². The first-order chi connectivity index (χ1) is 69.2. The molecule has 42 heteroatoms. The van der Waals surface area contributed by atoms with Crippen molar-refractivity contribution in [3.8, 4) is 0 Å². The summed E-state index contributed by atoms with van der Waals surface area (Å²) in [5.41, 5.74) is 12.3. The first kappa shape index (κ1) is 103. The van der Waals surface area contributed by atoms with Gasteiger partial charge in [0.05, 0.1) is 69.4 Å². The van der Waals surface area contributed by atoms with Crippen molar-refractivity contribution in [3.63, 3.8) is 0 Å². The number of pyridine rings is 2. The number of aromatic nitrogens is 14. The highest BCUT2D eigenvalue weighted by Gasteiger charge is 2.41. The van der Waals surface area contributed by atoms with Crippen LogP contribution in [0, 0.1) is 41.5 Å². The fourth-order valence-corrected chi connectivity index (χ4v) is 21.3. The summed E-state index contributed by atoms with van der Waals surface area (Å²) in [7, 11) is 11.3. The number of alkyl halides is 5. The van der Waals surface area contributed by atoms with Crippen LogP contribution in [0.2, 0.25) is 10.0 Å². The summed E-state index contributed by atoms with van der Waals surface area (Å²) in [5, 5.41) is 38.2. The van der Waals surface area contributed by atoms with E-state index in [2.05, 4.69) is 87.6 Å². The van der Waals surface area contributed by atoms with E-state index in [0.717, 1.165) is 234 Å². The molecule has 0 unspecified atom stereocenters. The zero-order chi connectivity index (χ0) is 102. The van der Waals surface area contributed by atoms with Gasteiger partial charge in [-0.05, 0) is 239 Å². The molecule has 144 heavy (non-hydrogen) atoms. The van der Waals surface area contributed by atoms with Crippen LogP contribution < -0.4 is 51.5 Å². The number of aryl methyl sites for hydroxylation is 6. The van der Waals surface area contributed by atoms with E-state index in [-0.39, 0.29) is 64.0 Å². The molecule has 2 aromatic carbocycles. The van der Waals surface area contributed by atoms with Gasteiger partial charge in [-0.15, -0.1) is 0 Å². The van der Waals surface area contributed by atoms with E-state index in [9.17, 15) is 50.7 Å². The van der Waals surface area contributed by atoms with Crippen molar-refractivity contribution >= 4 is 116 Å². The molecule has 12 aromatic rings. The van der Waals surface area contributed by atoms with E-state index < -0.39 is 36.0 Å². The van der Waals surface area contributed by atoms with Gasteiger partial charge in [0.2, 0.25) is 0 Å². The van der Waals surface area contributed by atoms with E-state index >= 15 is 0 Å². The number of nitrogens with zero attached hydrogens (tertiary/aromatic N) is 23. The van der Waals surface area contributed by atoms with Crippen LogP contribution in [0.3, 0.4) is 0 Å². The fraction of sp³-hybridized carbons (Fsp3) is 0.490. The monoisotopic (exact) mass is 2020 g/mol. The van der Waals surface area contributed by atoms with Crippen LogP contribution in [0.1, 0.15) is 231 Å². The van der Waals surface area contributed by atoms with Gasteiger partial charge in [-0.2, -0.15) is 42.3 Å². The van der Waals surface area contributed by atoms with Gasteiger partial charge >= 0.3 is 18.6 Å². The number of fused-ring (bicyclic) bond motifs is 4. The van der Waals surface area contributed by atoms with Gasteiger partial charge < -0.3 is 76.0 Å². The minimum absolute atomic E-state index is 0.00329. The molecule has 20 rings (SSSR count). The summed E-state index contributed by atoms with van der Waals surface area (Å²) in [5.74, 6) is 1.28. The second-order valence-electron chi connectivity index (χ2n) is 39.0. The van der Waals surface area contributed by atoms with Crippen LogP contribution in [0.4, 0.5) is 61.4 Å². The Balaban J connectivity index is 0.000000132. The quantitative estimate of drug-likeness (QED) is 0.0410. The molecular weight excluding hydrogens is 1890 g/mol. The van der Waals surface area contributed by atoms with Crippen LogP contribution in [-0.4, -0.2) is 280 Å². The first-order valence-electron chi connectivity index (χ1n) is 49.7. The molecule has 18 heterocycles. The third kappa shape index (κ3) is 22.8. The summed E-state index contributed by atoms with van der Waals surface area (Å²) in [6, 6.07) is 24.9. The Bertz CT molecular complexity index is 6510. The molecule has 0 aliphatic carbocycles. The Hall–Kier alpha value is -12.9. The number of likely N-dealkylation sites (N-methyl/N-ethyl adjacent to an activating group) is 4. The zero-order valence-corrected chi connectivity index (χ0v) is 84.9. The second kappa shape index (κ2) is 44.4. The Kier molecular flexibility index (Phi) is 31.6. The Labute approximate surface area is 842 Å². The van der Waals surface area contributed by atoms with Crippen LogP contribution in [0.25, 0.3) is 22.6 Å². The lowest BCUT2D eigenvalue weighted by atomic mass is 9.98. The van der Waals surface area contributed by atoms with Crippen molar-refractivity contribution in [2.45, 2.75) is 205 Å². The fourth-order valence-electron chi connectivity index (χ4n) is 21.0. The summed E-state index contributed by atoms with van der Waals surface area (Å²) >= 11 is 12.4. The number of piperidine rings is 4. The number of hydrogen-bond donors (Lipinski definition) is 6. The minimum atomic E-state index is -4.61. The highest BCUT2D eigenvalue weighted by atomic mass is 35.5. The molecule has 0 radical (unpaired) electrons. The van der Waals surface area contributed by atoms with Crippen molar-refractivity contribution < 1.29 is 50.7 Å². The lowest BCUT2D eigenvalue weighted by molar-refractivity contribution is -0.141. The first-order valence-corrected chi connectivity index (χ1v) is 50.5. The van der Waals surface area contributed by atoms with Crippen molar-refractivity contribution in [1.82, 2.24) is 114 Å². The minimum Gasteiger partial charge on any atom is -0.355 e. The SMILES string of the molecule is CN[C@H]1CCN(c2nc3cc([C@@H]4CCCCN4C(=O)c4cc(C)cc(C)n4)nn3cc2C)C1.CN[C@H]1CCN(c2nc3cc([C@@H]4CCCCN4C(=O)c4cc(Cl)ccc4NC(=O)C(F)F)nn3cc2C)C1.CN[C@H]1CCN(c2nc3cc([C@@H]4CCCCN4C(=O)c4cc(Cl)ccc4NC(=O)N(C)C)nn3cc2C)C1.CN[C@H]1CCN(c2nc3cc([C@@H]4CCCCN4C(=O)c4cccc(C(F)(F)F)n4)nn3cc2C)C1. The largest absolute Gasteiger partial charge is 0.433 e. The Morgan fingerprint density at radius 2 is 0.722 bits per heavy atom. The average molecular weight is 2020 g/mol. The molecule has 7 amide bonds. The molecule has 8 aliphatic heterocycles. The number of anilines is 6. The van der Waals surface area contributed by atoms with Crippen molar-refractivity contribution in [2.24, 2.45) is 0 Å². The van der Waals surface area contributed by atoms with E-state index in [0.29, 0.717) is 101 Å². The van der Waals surface area contributed by atoms with Crippen LogP contribution in [-0.2, 0) is 11.0 Å². The summed E-state index contributed by atoms with van der Waals surface area (Å²) in [6.45, 7) is 21.8. The maximum absolute atomic E-state index is 13.9. The van der Waals surface area contributed by atoms with E-state index in [1.807, 2.05) is 124 Å². The smallest absolute Gasteiger partial charge is 0.355 e. The summed E-state index contributed by atoms with van der Waals surface area (Å²) < 4.78 is 72.4. The third-order valence-corrected chi connectivity index (χ3v) is 29.1. The summed E-state index contributed by atoms with van der Waals surface area (Å²) in [6.07, 6.45) is 14.9. The van der Waals surface area contributed by atoms with Crippen LogP contribution >= 0.6 is 23.2 Å². The standard InChI is InChI=1S/C27H35ClN8O2.C26H30ClF2N7O2.C25H33N7O.C24H28F3N7O/c1-17-15-36-24(31-25(17)34-12-10-19(16-34)29-2)14-22(32-36)23-7-5-6-11-35(23)26(37)20-13-18(28)8-9-21(20)30-27(38)33(3)4;1-15-13-36-22(32-24(15)34-10-8-17(14-34)30-2)12-20(33-36)21-5-3-4-9-35(21)26(38)18-11-16(27)6-7-19(18)31-25(37)23(28)29;1-16-11-18(3)27-21(12-16)25(33)31-9-6-5-7-22(31)20-13-23-28-24(17(2)14-32(23)29-20)30-10-8-19(15-30)26-4;1-15-13-34-21(30-22(15)32-11-9-16(14-32)28-2)12-18(31-34)19-7-3-4-10-33(19)23(35)17-6-5-8-20(29-17)24(25,26)27/h8-9,13-15,19,23,29H,5-7,10-12,16H2,1-4H3,(H,30,38);6-7,11-13,17,21,23,30H,3-5,8-10,14H2,1-2H3,(H,31,37);11-14,19,22,26H,5-10,15H2,1-4H3;5-6,8,12-13,16,19,28H,3-4,7,9-11,14H2,1-2H3/t19-,23-;17-,21-;19-,22-;16-,19-/m0000/s1. The topological polar surface area (TPSA) is 350 Å². The van der Waals surface area contributed by atoms with Crippen molar-refractivity contribution in [2.75, 3.05) is 151 Å². The molecular formula is C102H126Cl2F5N29O6. The van der Waals surface area contributed by atoms with Gasteiger partial charge in [-0.1, -0.05) is 29.3 Å². The number of likely N-dealkylation sites (tertiary alicyclic amines) is 4. The van der Waals surface area contributed by atoms with E-state index in [1.54, 1.807) is 51.1 Å². The van der Waals surface area contributed by atoms with Crippen molar-refractivity contribution in [1.29, 1.82) is 0 Å². The number of benzene rings is 2. The van der Waals surface area contributed by atoms with Crippen molar-refractivity contribution in [3.05, 3.63) is 210 Å². The molecule has 8 aliphatic rings. The van der Waals surface area contributed by atoms with Gasteiger partial charge in [0.25, 0.3) is 29.5 Å². The molecule has 6 N–H and O–H groups in total. The predicted octanol–water partition coefficient (Wildman–Crippen LogP) is 14.8. The normalized spacial score (nSPS) is 20.5.